The topological polar surface area (TPSA) is 78.4 Å². The minimum absolute atomic E-state index is 0.0664. The summed E-state index contributed by atoms with van der Waals surface area (Å²) >= 11 is 0. The molecule has 0 unspecified atom stereocenters. The van der Waals surface area contributed by atoms with Gasteiger partial charge in [-0.05, 0) is 12.1 Å². The Morgan fingerprint density at radius 2 is 2.20 bits per heavy atom. The van der Waals surface area contributed by atoms with E-state index in [1.807, 2.05) is 0 Å². The van der Waals surface area contributed by atoms with Crippen molar-refractivity contribution in [3.8, 4) is 5.75 Å². The average Bonchev–Trinajstić information content (AvgIpc) is 2.27. The quantitative estimate of drug-likeness (QED) is 0.604. The van der Waals surface area contributed by atoms with E-state index >= 15 is 0 Å². The Morgan fingerprint density at radius 1 is 1.53 bits per heavy atom. The molecule has 0 atom stereocenters. The third-order valence-corrected chi connectivity index (χ3v) is 2.04. The monoisotopic (exact) mass is 208 g/mol. The summed E-state index contributed by atoms with van der Waals surface area (Å²) in [7, 11) is 1.53. The number of nitro groups is 1. The zero-order valence-electron chi connectivity index (χ0n) is 8.56. The second kappa shape index (κ2) is 4.45. The van der Waals surface area contributed by atoms with Crippen LogP contribution >= 0.6 is 0 Å². The summed E-state index contributed by atoms with van der Waals surface area (Å²) in [6, 6.07) is 6.83. The average molecular weight is 208 g/mol. The highest BCUT2D eigenvalue weighted by molar-refractivity contribution is 5.65. The maximum Gasteiger partial charge on any atom is 0.266 e. The second-order valence-corrected chi connectivity index (χ2v) is 2.99. The zero-order chi connectivity index (χ0) is 11.4. The molecule has 0 aliphatic heterocycles. The number of hydrogen-bond donors (Lipinski definition) is 1. The molecule has 5 nitrogen and oxygen atoms in total. The highest BCUT2D eigenvalue weighted by Gasteiger charge is 2.11. The van der Waals surface area contributed by atoms with Crippen LogP contribution in [0.3, 0.4) is 0 Å². The number of nitrogens with zero attached hydrogens (tertiary/aromatic N) is 1. The predicted molar refractivity (Wildman–Crippen MR) is 56.8 cm³/mol. The number of nitrogens with two attached hydrogens (primary N) is 1. The molecule has 1 rings (SSSR count). The first kappa shape index (κ1) is 11.0. The molecule has 0 heterocycles. The first-order chi connectivity index (χ1) is 7.06. The van der Waals surface area contributed by atoms with Gasteiger partial charge in [-0.15, -0.1) is 0 Å². The second-order valence-electron chi connectivity index (χ2n) is 2.99. The van der Waals surface area contributed by atoms with Crippen LogP contribution in [-0.4, -0.2) is 12.0 Å². The van der Waals surface area contributed by atoms with Crippen molar-refractivity contribution in [2.45, 2.75) is 6.92 Å². The van der Waals surface area contributed by atoms with E-state index in [0.29, 0.717) is 11.3 Å². The number of benzene rings is 1. The van der Waals surface area contributed by atoms with E-state index in [4.69, 9.17) is 10.5 Å². The molecule has 0 bridgehead atoms. The molecule has 5 heteroatoms. The maximum atomic E-state index is 10.5. The van der Waals surface area contributed by atoms with Gasteiger partial charge in [0.05, 0.1) is 12.0 Å². The largest absolute Gasteiger partial charge is 0.497 e. The van der Waals surface area contributed by atoms with Crippen LogP contribution in [0.2, 0.25) is 0 Å². The molecule has 0 aliphatic carbocycles. The highest BCUT2D eigenvalue weighted by atomic mass is 16.6. The minimum Gasteiger partial charge on any atom is -0.497 e. The van der Waals surface area contributed by atoms with Gasteiger partial charge in [-0.2, -0.15) is 0 Å². The van der Waals surface area contributed by atoms with Crippen molar-refractivity contribution in [3.63, 3.8) is 0 Å². The Labute approximate surface area is 87.3 Å². The van der Waals surface area contributed by atoms with Gasteiger partial charge in [0.1, 0.15) is 11.4 Å². The van der Waals surface area contributed by atoms with Crippen molar-refractivity contribution in [2.24, 2.45) is 5.73 Å². The smallest absolute Gasteiger partial charge is 0.266 e. The standard InChI is InChI=1S/C10H12N2O3/c1-7(12(13)14)10(11)8-4-3-5-9(6-8)15-2/h3-6H,11H2,1-2H3. The molecule has 0 fully saturated rings. The molecule has 1 aromatic carbocycles. The Hall–Kier alpha value is -2.04. The van der Waals surface area contributed by atoms with E-state index in [9.17, 15) is 10.1 Å². The molecule has 1 aromatic rings. The number of rotatable bonds is 3. The van der Waals surface area contributed by atoms with E-state index in [-0.39, 0.29) is 11.4 Å². The van der Waals surface area contributed by atoms with Crippen LogP contribution in [0.1, 0.15) is 12.5 Å². The molecule has 0 saturated carbocycles. The summed E-state index contributed by atoms with van der Waals surface area (Å²) in [5.41, 5.74) is 6.32. The molecule has 0 aromatic heterocycles. The number of allylic oxidation sites excluding steroid dienone is 1. The molecule has 0 amide bonds. The fraction of sp³-hybridized carbons (Fsp3) is 0.200. The Bertz CT molecular complexity index is 413. The van der Waals surface area contributed by atoms with Crippen LogP contribution in [0.4, 0.5) is 0 Å². The lowest BCUT2D eigenvalue weighted by atomic mass is 10.1. The molecule has 0 radical (unpaired) electrons. The molecular weight excluding hydrogens is 196 g/mol. The van der Waals surface area contributed by atoms with Gasteiger partial charge in [0.15, 0.2) is 0 Å². The molecule has 0 saturated heterocycles. The first-order valence-corrected chi connectivity index (χ1v) is 4.31. The molecule has 0 aliphatic rings. The van der Waals surface area contributed by atoms with Gasteiger partial charge in [-0.3, -0.25) is 10.1 Å². The number of hydrogen-bond acceptors (Lipinski definition) is 4. The Kier molecular flexibility index (Phi) is 3.28. The van der Waals surface area contributed by atoms with Crippen molar-refractivity contribution in [1.82, 2.24) is 0 Å². The molecular formula is C10H12N2O3. The summed E-state index contributed by atoms with van der Waals surface area (Å²) in [5, 5.41) is 10.5. The molecule has 15 heavy (non-hydrogen) atoms. The lowest BCUT2D eigenvalue weighted by Crippen LogP contribution is -2.06. The van der Waals surface area contributed by atoms with Gasteiger partial charge < -0.3 is 10.5 Å². The van der Waals surface area contributed by atoms with E-state index in [1.165, 1.54) is 14.0 Å². The van der Waals surface area contributed by atoms with Crippen molar-refractivity contribution in [3.05, 3.63) is 45.6 Å². The third-order valence-electron chi connectivity index (χ3n) is 2.04. The summed E-state index contributed by atoms with van der Waals surface area (Å²) in [6.45, 7) is 1.37. The Morgan fingerprint density at radius 3 is 2.73 bits per heavy atom. The van der Waals surface area contributed by atoms with E-state index in [1.54, 1.807) is 24.3 Å². The molecule has 2 N–H and O–H groups in total. The van der Waals surface area contributed by atoms with Crippen molar-refractivity contribution >= 4 is 5.70 Å². The maximum absolute atomic E-state index is 10.5. The minimum atomic E-state index is -0.505. The normalized spacial score (nSPS) is 11.9. The number of ether oxygens (including phenoxy) is 1. The SMILES string of the molecule is COc1cccc(C(N)=C(C)[N+](=O)[O-])c1. The van der Waals surface area contributed by atoms with Gasteiger partial charge in [-0.25, -0.2) is 0 Å². The van der Waals surface area contributed by atoms with E-state index in [2.05, 4.69) is 0 Å². The summed E-state index contributed by atoms with van der Waals surface area (Å²) in [5.74, 6) is 0.617. The highest BCUT2D eigenvalue weighted by Crippen LogP contribution is 2.19. The van der Waals surface area contributed by atoms with Crippen LogP contribution in [0.5, 0.6) is 5.75 Å². The van der Waals surface area contributed by atoms with Crippen LogP contribution in [0, 0.1) is 10.1 Å². The predicted octanol–water partition coefficient (Wildman–Crippen LogP) is 1.62. The van der Waals surface area contributed by atoms with Gasteiger partial charge in [-0.1, -0.05) is 12.1 Å². The van der Waals surface area contributed by atoms with Crippen molar-refractivity contribution in [1.29, 1.82) is 0 Å². The van der Waals surface area contributed by atoms with Gasteiger partial charge in [0.25, 0.3) is 5.70 Å². The van der Waals surface area contributed by atoms with Gasteiger partial charge in [0.2, 0.25) is 0 Å². The number of methoxy groups -OCH3 is 1. The fourth-order valence-electron chi connectivity index (χ4n) is 1.10. The third kappa shape index (κ3) is 2.46. The zero-order valence-corrected chi connectivity index (χ0v) is 8.56. The van der Waals surface area contributed by atoms with E-state index in [0.717, 1.165) is 0 Å². The summed E-state index contributed by atoms with van der Waals surface area (Å²) < 4.78 is 5.00. The first-order valence-electron chi connectivity index (χ1n) is 4.31. The van der Waals surface area contributed by atoms with Crippen molar-refractivity contribution in [2.75, 3.05) is 7.11 Å². The van der Waals surface area contributed by atoms with Gasteiger partial charge in [0, 0.05) is 12.5 Å². The molecule has 0 spiro atoms. The summed E-state index contributed by atoms with van der Waals surface area (Å²) in [4.78, 5) is 10.00. The van der Waals surface area contributed by atoms with Crippen LogP contribution in [0.15, 0.2) is 30.0 Å². The molecule has 80 valence electrons. The van der Waals surface area contributed by atoms with Crippen LogP contribution < -0.4 is 10.5 Å². The lowest BCUT2D eigenvalue weighted by Gasteiger charge is -2.04. The van der Waals surface area contributed by atoms with Crippen LogP contribution in [-0.2, 0) is 0 Å². The van der Waals surface area contributed by atoms with Crippen LogP contribution in [0.25, 0.3) is 5.70 Å². The fourth-order valence-corrected chi connectivity index (χ4v) is 1.10. The van der Waals surface area contributed by atoms with E-state index < -0.39 is 4.92 Å². The van der Waals surface area contributed by atoms with Gasteiger partial charge >= 0.3 is 0 Å². The Balaban J connectivity index is 3.16. The lowest BCUT2D eigenvalue weighted by molar-refractivity contribution is -0.423. The summed E-state index contributed by atoms with van der Waals surface area (Å²) in [6.07, 6.45) is 0. The van der Waals surface area contributed by atoms with Crippen molar-refractivity contribution < 1.29 is 9.66 Å².